The Morgan fingerprint density at radius 2 is 2.36 bits per heavy atom. The number of esters is 2. The first-order valence-electron chi connectivity index (χ1n) is 4.61. The van der Waals surface area contributed by atoms with E-state index in [4.69, 9.17) is 9.47 Å². The highest BCUT2D eigenvalue weighted by atomic mass is 16.6. The predicted molar refractivity (Wildman–Crippen MR) is 49.5 cm³/mol. The average molecular weight is 198 g/mol. The molecule has 1 heterocycles. The van der Waals surface area contributed by atoms with Gasteiger partial charge in [-0.1, -0.05) is 6.58 Å². The molecule has 4 nitrogen and oxygen atoms in total. The zero-order valence-corrected chi connectivity index (χ0v) is 8.25. The second kappa shape index (κ2) is 4.79. The van der Waals surface area contributed by atoms with E-state index in [1.54, 1.807) is 6.92 Å². The van der Waals surface area contributed by atoms with Crippen molar-refractivity contribution in [1.29, 1.82) is 0 Å². The monoisotopic (exact) mass is 198 g/mol. The summed E-state index contributed by atoms with van der Waals surface area (Å²) >= 11 is 0. The van der Waals surface area contributed by atoms with E-state index in [-0.39, 0.29) is 18.5 Å². The van der Waals surface area contributed by atoms with Crippen LogP contribution in [0.3, 0.4) is 0 Å². The third kappa shape index (κ3) is 3.20. The Morgan fingerprint density at radius 1 is 1.64 bits per heavy atom. The average Bonchev–Trinajstić information content (AvgIpc) is 2.29. The third-order valence-electron chi connectivity index (χ3n) is 1.95. The quantitative estimate of drug-likeness (QED) is 0.494. The van der Waals surface area contributed by atoms with Crippen molar-refractivity contribution >= 4 is 11.9 Å². The second-order valence-electron chi connectivity index (χ2n) is 3.37. The summed E-state index contributed by atoms with van der Waals surface area (Å²) in [7, 11) is 0. The van der Waals surface area contributed by atoms with E-state index in [0.717, 1.165) is 6.42 Å². The molecule has 14 heavy (non-hydrogen) atoms. The number of ether oxygens (including phenoxy) is 2. The summed E-state index contributed by atoms with van der Waals surface area (Å²) in [5, 5.41) is 0. The number of carbonyl (C=O) groups excluding carboxylic acids is 2. The Labute approximate surface area is 82.9 Å². The lowest BCUT2D eigenvalue weighted by Crippen LogP contribution is -2.20. The molecule has 1 fully saturated rings. The Balaban J connectivity index is 2.46. The van der Waals surface area contributed by atoms with Gasteiger partial charge in [-0.25, -0.2) is 4.79 Å². The van der Waals surface area contributed by atoms with E-state index in [2.05, 4.69) is 6.58 Å². The van der Waals surface area contributed by atoms with Crippen molar-refractivity contribution in [2.24, 2.45) is 0 Å². The minimum atomic E-state index is -0.440. The number of hydrogen-bond donors (Lipinski definition) is 0. The first kappa shape index (κ1) is 10.8. The molecule has 0 saturated carbocycles. The molecule has 0 aromatic heterocycles. The standard InChI is InChI=1S/C10H14O4/c1-7(2)10(12)14-8-4-3-5-13-9(11)6-8/h8H,1,3-6H2,2H3. The van der Waals surface area contributed by atoms with Gasteiger partial charge in [-0.2, -0.15) is 0 Å². The Bertz CT molecular complexity index is 257. The highest BCUT2D eigenvalue weighted by molar-refractivity contribution is 5.87. The normalized spacial score (nSPS) is 22.1. The van der Waals surface area contributed by atoms with Gasteiger partial charge in [-0.05, 0) is 19.8 Å². The van der Waals surface area contributed by atoms with E-state index in [1.807, 2.05) is 0 Å². The molecule has 0 radical (unpaired) electrons. The molecule has 0 aromatic carbocycles. The number of rotatable bonds is 2. The van der Waals surface area contributed by atoms with Crippen LogP contribution in [-0.2, 0) is 19.1 Å². The van der Waals surface area contributed by atoms with Gasteiger partial charge in [0.05, 0.1) is 13.0 Å². The van der Waals surface area contributed by atoms with Gasteiger partial charge in [0.1, 0.15) is 6.10 Å². The summed E-state index contributed by atoms with van der Waals surface area (Å²) in [5.41, 5.74) is 0.350. The number of carbonyl (C=O) groups is 2. The third-order valence-corrected chi connectivity index (χ3v) is 1.95. The van der Waals surface area contributed by atoms with Crippen molar-refractivity contribution in [3.05, 3.63) is 12.2 Å². The highest BCUT2D eigenvalue weighted by Crippen LogP contribution is 2.14. The Kier molecular flexibility index (Phi) is 3.68. The topological polar surface area (TPSA) is 52.6 Å². The fourth-order valence-corrected chi connectivity index (χ4v) is 1.20. The van der Waals surface area contributed by atoms with Crippen LogP contribution in [0.25, 0.3) is 0 Å². The van der Waals surface area contributed by atoms with Gasteiger partial charge in [0.15, 0.2) is 0 Å². The molecule has 0 spiro atoms. The van der Waals surface area contributed by atoms with Gasteiger partial charge in [-0.15, -0.1) is 0 Å². The second-order valence-corrected chi connectivity index (χ2v) is 3.37. The summed E-state index contributed by atoms with van der Waals surface area (Å²) in [6, 6.07) is 0. The van der Waals surface area contributed by atoms with Crippen LogP contribution in [0.2, 0.25) is 0 Å². The van der Waals surface area contributed by atoms with Gasteiger partial charge in [0.2, 0.25) is 0 Å². The van der Waals surface area contributed by atoms with Crippen molar-refractivity contribution in [1.82, 2.24) is 0 Å². The first-order chi connectivity index (χ1) is 6.59. The minimum absolute atomic E-state index is 0.152. The zero-order chi connectivity index (χ0) is 10.6. The van der Waals surface area contributed by atoms with Crippen molar-refractivity contribution in [2.75, 3.05) is 6.61 Å². The van der Waals surface area contributed by atoms with Crippen molar-refractivity contribution in [3.63, 3.8) is 0 Å². The largest absolute Gasteiger partial charge is 0.466 e. The molecule has 1 rings (SSSR count). The van der Waals surface area contributed by atoms with Crippen LogP contribution in [-0.4, -0.2) is 24.6 Å². The lowest BCUT2D eigenvalue weighted by atomic mass is 10.1. The van der Waals surface area contributed by atoms with Gasteiger partial charge < -0.3 is 9.47 Å². The molecule has 1 saturated heterocycles. The van der Waals surface area contributed by atoms with Crippen LogP contribution >= 0.6 is 0 Å². The Hall–Kier alpha value is -1.32. The minimum Gasteiger partial charge on any atom is -0.466 e. The van der Waals surface area contributed by atoms with Crippen molar-refractivity contribution < 1.29 is 19.1 Å². The molecular formula is C10H14O4. The van der Waals surface area contributed by atoms with E-state index in [1.165, 1.54) is 0 Å². The van der Waals surface area contributed by atoms with Crippen LogP contribution in [0.1, 0.15) is 26.2 Å². The van der Waals surface area contributed by atoms with Gasteiger partial charge in [0.25, 0.3) is 0 Å². The fraction of sp³-hybridized carbons (Fsp3) is 0.600. The zero-order valence-electron chi connectivity index (χ0n) is 8.25. The molecular weight excluding hydrogens is 184 g/mol. The van der Waals surface area contributed by atoms with Crippen LogP contribution in [0.4, 0.5) is 0 Å². The maximum absolute atomic E-state index is 11.2. The SMILES string of the molecule is C=C(C)C(=O)OC1CCCOC(=O)C1. The van der Waals surface area contributed by atoms with Crippen molar-refractivity contribution in [2.45, 2.75) is 32.3 Å². The van der Waals surface area contributed by atoms with Crippen LogP contribution < -0.4 is 0 Å². The fourth-order valence-electron chi connectivity index (χ4n) is 1.20. The molecule has 1 aliphatic rings. The molecule has 1 atom stereocenters. The van der Waals surface area contributed by atoms with Gasteiger partial charge >= 0.3 is 11.9 Å². The molecule has 78 valence electrons. The summed E-state index contributed by atoms with van der Waals surface area (Å²) in [6.45, 7) is 5.47. The summed E-state index contributed by atoms with van der Waals surface area (Å²) < 4.78 is 9.89. The maximum atomic E-state index is 11.2. The lowest BCUT2D eigenvalue weighted by molar-refractivity contribution is -0.149. The maximum Gasteiger partial charge on any atom is 0.333 e. The number of hydrogen-bond acceptors (Lipinski definition) is 4. The molecule has 0 aromatic rings. The lowest BCUT2D eigenvalue weighted by Gasteiger charge is -2.13. The summed E-state index contributed by atoms with van der Waals surface area (Å²) in [4.78, 5) is 22.2. The summed E-state index contributed by atoms with van der Waals surface area (Å²) in [5.74, 6) is -0.744. The van der Waals surface area contributed by atoms with E-state index in [9.17, 15) is 9.59 Å². The van der Waals surface area contributed by atoms with Crippen LogP contribution in [0, 0.1) is 0 Å². The molecule has 0 aliphatic carbocycles. The Morgan fingerprint density at radius 3 is 3.00 bits per heavy atom. The first-order valence-corrected chi connectivity index (χ1v) is 4.61. The summed E-state index contributed by atoms with van der Waals surface area (Å²) in [6.07, 6.45) is 1.21. The highest BCUT2D eigenvalue weighted by Gasteiger charge is 2.22. The smallest absolute Gasteiger partial charge is 0.333 e. The van der Waals surface area contributed by atoms with Gasteiger partial charge in [-0.3, -0.25) is 4.79 Å². The van der Waals surface area contributed by atoms with E-state index < -0.39 is 5.97 Å². The molecule has 0 bridgehead atoms. The molecule has 0 amide bonds. The predicted octanol–water partition coefficient (Wildman–Crippen LogP) is 1.20. The van der Waals surface area contributed by atoms with Gasteiger partial charge in [0, 0.05) is 5.57 Å². The van der Waals surface area contributed by atoms with E-state index >= 15 is 0 Å². The number of cyclic esters (lactones) is 1. The molecule has 0 N–H and O–H groups in total. The van der Waals surface area contributed by atoms with Crippen LogP contribution in [0.15, 0.2) is 12.2 Å². The van der Waals surface area contributed by atoms with E-state index in [0.29, 0.717) is 18.6 Å². The van der Waals surface area contributed by atoms with Crippen LogP contribution in [0.5, 0.6) is 0 Å². The van der Waals surface area contributed by atoms with Crippen molar-refractivity contribution in [3.8, 4) is 0 Å². The molecule has 1 unspecified atom stereocenters. The molecule has 1 aliphatic heterocycles. The molecule has 4 heteroatoms.